The van der Waals surface area contributed by atoms with Gasteiger partial charge >= 0.3 is 5.97 Å². The molecule has 8 heteroatoms. The molecule has 0 fully saturated rings. The summed E-state index contributed by atoms with van der Waals surface area (Å²) in [6.45, 7) is 1.88. The van der Waals surface area contributed by atoms with Crippen molar-refractivity contribution in [2.24, 2.45) is 7.05 Å². The van der Waals surface area contributed by atoms with Crippen molar-refractivity contribution >= 4 is 23.4 Å². The highest BCUT2D eigenvalue weighted by Crippen LogP contribution is 2.24. The second kappa shape index (κ2) is 5.23. The molecule has 2 aromatic heterocycles. The maximum absolute atomic E-state index is 10.8. The summed E-state index contributed by atoms with van der Waals surface area (Å²) in [5, 5.41) is 19.9. The van der Waals surface area contributed by atoms with Gasteiger partial charge in [-0.15, -0.1) is 10.2 Å². The fourth-order valence-corrected chi connectivity index (χ4v) is 1.84. The van der Waals surface area contributed by atoms with Gasteiger partial charge in [-0.1, -0.05) is 11.6 Å². The monoisotopic (exact) mass is 281 g/mol. The van der Waals surface area contributed by atoms with Crippen molar-refractivity contribution in [2.45, 2.75) is 13.0 Å². The summed E-state index contributed by atoms with van der Waals surface area (Å²) >= 11 is 5.99. The van der Waals surface area contributed by atoms with Crippen LogP contribution in [0.15, 0.2) is 18.6 Å². The van der Waals surface area contributed by atoms with Gasteiger partial charge in [-0.3, -0.25) is 0 Å². The zero-order valence-corrected chi connectivity index (χ0v) is 11.1. The Kier molecular flexibility index (Phi) is 3.66. The Labute approximate surface area is 114 Å². The Balaban J connectivity index is 2.20. The Morgan fingerprint density at radius 1 is 1.58 bits per heavy atom. The third-order valence-electron chi connectivity index (χ3n) is 2.58. The molecule has 0 aromatic carbocycles. The normalized spacial score (nSPS) is 12.2. The van der Waals surface area contributed by atoms with E-state index in [1.165, 1.54) is 12.3 Å². The number of aryl methyl sites for hydroxylation is 1. The molecular weight excluding hydrogens is 270 g/mol. The van der Waals surface area contributed by atoms with Gasteiger partial charge in [0.1, 0.15) is 12.1 Å². The van der Waals surface area contributed by atoms with Crippen LogP contribution in [-0.2, 0) is 7.05 Å². The van der Waals surface area contributed by atoms with Gasteiger partial charge in [-0.25, -0.2) is 9.78 Å². The molecule has 2 rings (SSSR count). The number of rotatable bonds is 4. The topological polar surface area (TPSA) is 92.9 Å². The van der Waals surface area contributed by atoms with Gasteiger partial charge in [0.15, 0.2) is 5.82 Å². The van der Waals surface area contributed by atoms with Gasteiger partial charge in [0.2, 0.25) is 0 Å². The van der Waals surface area contributed by atoms with Crippen LogP contribution >= 0.6 is 11.6 Å². The average Bonchev–Trinajstić information content (AvgIpc) is 2.77. The van der Waals surface area contributed by atoms with Gasteiger partial charge in [0.05, 0.1) is 16.6 Å². The molecule has 1 atom stereocenters. The number of halogens is 1. The third kappa shape index (κ3) is 2.82. The minimum atomic E-state index is -1.07. The summed E-state index contributed by atoms with van der Waals surface area (Å²) < 4.78 is 1.77. The minimum absolute atomic E-state index is 0.0434. The summed E-state index contributed by atoms with van der Waals surface area (Å²) in [7, 11) is 1.83. The molecule has 7 nitrogen and oxygen atoms in total. The van der Waals surface area contributed by atoms with Crippen molar-refractivity contribution in [1.29, 1.82) is 0 Å². The van der Waals surface area contributed by atoms with E-state index in [4.69, 9.17) is 16.7 Å². The molecule has 0 saturated heterocycles. The van der Waals surface area contributed by atoms with Gasteiger partial charge < -0.3 is 15.0 Å². The molecule has 0 aliphatic rings. The second-order valence-corrected chi connectivity index (χ2v) is 4.43. The van der Waals surface area contributed by atoms with E-state index in [1.807, 2.05) is 14.0 Å². The molecule has 0 radical (unpaired) electrons. The standard InChI is InChI=1S/C11H12ClN5O2/c1-6(10-16-14-5-17(10)2)15-9-8(12)3-7(4-13-9)11(18)19/h3-6H,1-2H3,(H,13,15)(H,18,19). The Morgan fingerprint density at radius 3 is 2.84 bits per heavy atom. The van der Waals surface area contributed by atoms with E-state index in [0.29, 0.717) is 5.82 Å². The number of aromatic nitrogens is 4. The number of anilines is 1. The van der Waals surface area contributed by atoms with E-state index in [9.17, 15) is 4.79 Å². The number of aromatic carboxylic acids is 1. The number of nitrogens with one attached hydrogen (secondary N) is 1. The number of carboxylic acids is 1. The molecule has 1 unspecified atom stereocenters. The summed E-state index contributed by atoms with van der Waals surface area (Å²) in [6.07, 6.45) is 2.84. The summed E-state index contributed by atoms with van der Waals surface area (Å²) in [6, 6.07) is 1.19. The molecule has 0 aliphatic heterocycles. The lowest BCUT2D eigenvalue weighted by atomic mass is 10.2. The molecule has 100 valence electrons. The highest BCUT2D eigenvalue weighted by molar-refractivity contribution is 6.33. The SMILES string of the molecule is CC(Nc1ncc(C(=O)O)cc1Cl)c1nncn1C. The third-order valence-corrected chi connectivity index (χ3v) is 2.86. The molecule has 19 heavy (non-hydrogen) atoms. The lowest BCUT2D eigenvalue weighted by Crippen LogP contribution is -2.13. The first kappa shape index (κ1) is 13.3. The Morgan fingerprint density at radius 2 is 2.32 bits per heavy atom. The van der Waals surface area contributed by atoms with E-state index in [1.54, 1.807) is 10.9 Å². The van der Waals surface area contributed by atoms with E-state index in [-0.39, 0.29) is 16.6 Å². The number of carbonyl (C=O) groups is 1. The van der Waals surface area contributed by atoms with Gasteiger partial charge in [0.25, 0.3) is 0 Å². The maximum atomic E-state index is 10.8. The fraction of sp³-hybridized carbons (Fsp3) is 0.273. The predicted octanol–water partition coefficient (Wildman–Crippen LogP) is 1.73. The van der Waals surface area contributed by atoms with Crippen LogP contribution in [-0.4, -0.2) is 30.8 Å². The van der Waals surface area contributed by atoms with Crippen molar-refractivity contribution in [2.75, 3.05) is 5.32 Å². The first-order chi connectivity index (χ1) is 8.99. The maximum Gasteiger partial charge on any atom is 0.337 e. The van der Waals surface area contributed by atoms with E-state index in [2.05, 4.69) is 20.5 Å². The number of nitrogens with zero attached hydrogens (tertiary/aromatic N) is 4. The van der Waals surface area contributed by atoms with Crippen LogP contribution in [0.3, 0.4) is 0 Å². The predicted molar refractivity (Wildman–Crippen MR) is 69.2 cm³/mol. The molecule has 0 spiro atoms. The fourth-order valence-electron chi connectivity index (χ4n) is 1.61. The lowest BCUT2D eigenvalue weighted by Gasteiger charge is -2.14. The lowest BCUT2D eigenvalue weighted by molar-refractivity contribution is 0.0696. The van der Waals surface area contributed by atoms with E-state index >= 15 is 0 Å². The molecule has 0 bridgehead atoms. The van der Waals surface area contributed by atoms with Crippen molar-refractivity contribution in [3.63, 3.8) is 0 Å². The summed E-state index contributed by atoms with van der Waals surface area (Å²) in [5.74, 6) is 0.0599. The molecule has 2 heterocycles. The van der Waals surface area contributed by atoms with Crippen LogP contribution in [0.1, 0.15) is 29.1 Å². The minimum Gasteiger partial charge on any atom is -0.478 e. The molecule has 0 aliphatic carbocycles. The van der Waals surface area contributed by atoms with Crippen molar-refractivity contribution in [3.05, 3.63) is 35.0 Å². The van der Waals surface area contributed by atoms with Crippen molar-refractivity contribution in [3.8, 4) is 0 Å². The number of carboxylic acid groups (broad SMARTS) is 1. The zero-order chi connectivity index (χ0) is 14.0. The van der Waals surface area contributed by atoms with Crippen LogP contribution in [0.5, 0.6) is 0 Å². The number of pyridine rings is 1. The van der Waals surface area contributed by atoms with Gasteiger partial charge in [0, 0.05) is 13.2 Å². The van der Waals surface area contributed by atoms with Crippen LogP contribution in [0.25, 0.3) is 0 Å². The van der Waals surface area contributed by atoms with Crippen molar-refractivity contribution < 1.29 is 9.90 Å². The van der Waals surface area contributed by atoms with Crippen LogP contribution in [0.2, 0.25) is 5.02 Å². The van der Waals surface area contributed by atoms with E-state index < -0.39 is 5.97 Å². The highest BCUT2D eigenvalue weighted by Gasteiger charge is 2.14. The first-order valence-corrected chi connectivity index (χ1v) is 5.86. The van der Waals surface area contributed by atoms with E-state index in [0.717, 1.165) is 5.82 Å². The van der Waals surface area contributed by atoms with Crippen LogP contribution in [0.4, 0.5) is 5.82 Å². The average molecular weight is 282 g/mol. The van der Waals surface area contributed by atoms with Crippen LogP contribution < -0.4 is 5.32 Å². The molecule has 2 aromatic rings. The molecular formula is C11H12ClN5O2. The number of hydrogen-bond donors (Lipinski definition) is 2. The van der Waals surface area contributed by atoms with Gasteiger partial charge in [-0.2, -0.15) is 0 Å². The Hall–Kier alpha value is -2.15. The molecule has 0 saturated carbocycles. The molecule has 0 amide bonds. The largest absolute Gasteiger partial charge is 0.478 e. The smallest absolute Gasteiger partial charge is 0.337 e. The quantitative estimate of drug-likeness (QED) is 0.886. The molecule has 2 N–H and O–H groups in total. The first-order valence-electron chi connectivity index (χ1n) is 5.48. The van der Waals surface area contributed by atoms with Crippen LogP contribution in [0, 0.1) is 0 Å². The number of hydrogen-bond acceptors (Lipinski definition) is 5. The summed E-state index contributed by atoms with van der Waals surface area (Å²) in [4.78, 5) is 14.8. The second-order valence-electron chi connectivity index (χ2n) is 4.03. The van der Waals surface area contributed by atoms with Gasteiger partial charge in [-0.05, 0) is 13.0 Å². The highest BCUT2D eigenvalue weighted by atomic mass is 35.5. The zero-order valence-electron chi connectivity index (χ0n) is 10.3. The summed E-state index contributed by atoms with van der Waals surface area (Å²) in [5.41, 5.74) is 0.0434. The Bertz CT molecular complexity index is 613. The van der Waals surface area contributed by atoms with Crippen molar-refractivity contribution in [1.82, 2.24) is 19.7 Å².